The molecule has 0 aliphatic heterocycles. The number of rotatable bonds is 5. The van der Waals surface area contributed by atoms with Crippen LogP contribution in [0.15, 0.2) is 24.3 Å². The quantitative estimate of drug-likeness (QED) is 0.760. The normalized spacial score (nSPS) is 12.2. The first-order chi connectivity index (χ1) is 7.54. The molecule has 0 aromatic heterocycles. The van der Waals surface area contributed by atoms with E-state index < -0.39 is 11.9 Å². The molecule has 4 heteroatoms. The predicted octanol–water partition coefficient (Wildman–Crippen LogP) is 0.498. The van der Waals surface area contributed by atoms with Gasteiger partial charge in [-0.15, -0.1) is 0 Å². The number of nitrogens with two attached hydrogens (primary N) is 2. The zero-order valence-electron chi connectivity index (χ0n) is 9.81. The van der Waals surface area contributed by atoms with Gasteiger partial charge in [-0.1, -0.05) is 19.1 Å². The summed E-state index contributed by atoms with van der Waals surface area (Å²) in [4.78, 5) is 12.8. The molecule has 1 aromatic carbocycles. The molecule has 0 aliphatic rings. The number of carbonyl (C=O) groups is 1. The second-order valence-corrected chi connectivity index (χ2v) is 3.91. The molecule has 1 atom stereocenters. The summed E-state index contributed by atoms with van der Waals surface area (Å²) in [5.41, 5.74) is 13.0. The van der Waals surface area contributed by atoms with Crippen LogP contribution < -0.4 is 16.4 Å². The number of hydrogen-bond acceptors (Lipinski definition) is 3. The van der Waals surface area contributed by atoms with E-state index in [0.717, 1.165) is 12.1 Å². The Bertz CT molecular complexity index is 348. The van der Waals surface area contributed by atoms with E-state index in [2.05, 4.69) is 19.1 Å². The van der Waals surface area contributed by atoms with Gasteiger partial charge >= 0.3 is 0 Å². The number of carbonyl (C=O) groups excluding carboxylic acids is 1. The molecule has 0 spiro atoms. The number of primary amides is 1. The standard InChI is InChI=1S/C12H19N3O/c1-3-9-4-6-10(7-5-9)15(2)8-11(13)12(14)16/h4-7,11H,3,8,13H2,1-2H3,(H2,14,16). The van der Waals surface area contributed by atoms with Gasteiger partial charge in [0.2, 0.25) is 5.91 Å². The Balaban J connectivity index is 2.65. The van der Waals surface area contributed by atoms with Gasteiger partial charge in [0.25, 0.3) is 0 Å². The van der Waals surface area contributed by atoms with Gasteiger partial charge in [-0.2, -0.15) is 0 Å². The first-order valence-corrected chi connectivity index (χ1v) is 5.39. The number of benzene rings is 1. The number of amides is 1. The van der Waals surface area contributed by atoms with Crippen LogP contribution in [0.4, 0.5) is 5.69 Å². The number of hydrogen-bond donors (Lipinski definition) is 2. The number of nitrogens with zero attached hydrogens (tertiary/aromatic N) is 1. The Hall–Kier alpha value is -1.55. The lowest BCUT2D eigenvalue weighted by Gasteiger charge is -2.22. The third-order valence-electron chi connectivity index (χ3n) is 2.62. The molecule has 0 aliphatic carbocycles. The highest BCUT2D eigenvalue weighted by Crippen LogP contribution is 2.14. The van der Waals surface area contributed by atoms with Crippen molar-refractivity contribution in [1.82, 2.24) is 0 Å². The Labute approximate surface area is 96.2 Å². The molecular weight excluding hydrogens is 202 g/mol. The summed E-state index contributed by atoms with van der Waals surface area (Å²) in [6, 6.07) is 7.55. The van der Waals surface area contributed by atoms with Crippen molar-refractivity contribution >= 4 is 11.6 Å². The molecular formula is C12H19N3O. The molecule has 16 heavy (non-hydrogen) atoms. The van der Waals surface area contributed by atoms with Crippen molar-refractivity contribution in [2.75, 3.05) is 18.5 Å². The topological polar surface area (TPSA) is 72.3 Å². The lowest BCUT2D eigenvalue weighted by atomic mass is 10.1. The van der Waals surface area contributed by atoms with Gasteiger partial charge < -0.3 is 16.4 Å². The van der Waals surface area contributed by atoms with Gasteiger partial charge in [0.05, 0.1) is 0 Å². The minimum atomic E-state index is -0.629. The highest BCUT2D eigenvalue weighted by Gasteiger charge is 2.12. The first-order valence-electron chi connectivity index (χ1n) is 5.39. The van der Waals surface area contributed by atoms with Crippen molar-refractivity contribution in [2.24, 2.45) is 11.5 Å². The molecule has 1 amide bonds. The van der Waals surface area contributed by atoms with Crippen LogP contribution >= 0.6 is 0 Å². The van der Waals surface area contributed by atoms with Gasteiger partial charge in [-0.3, -0.25) is 4.79 Å². The maximum absolute atomic E-state index is 10.8. The van der Waals surface area contributed by atoms with E-state index in [0.29, 0.717) is 6.54 Å². The summed E-state index contributed by atoms with van der Waals surface area (Å²) < 4.78 is 0. The summed E-state index contributed by atoms with van der Waals surface area (Å²) in [6.45, 7) is 2.54. The molecule has 0 saturated heterocycles. The predicted molar refractivity (Wildman–Crippen MR) is 66.3 cm³/mol. The first kappa shape index (κ1) is 12.5. The number of likely N-dealkylation sites (N-methyl/N-ethyl adjacent to an activating group) is 1. The third-order valence-corrected chi connectivity index (χ3v) is 2.62. The fourth-order valence-corrected chi connectivity index (χ4v) is 1.48. The molecule has 4 N–H and O–H groups in total. The number of anilines is 1. The SMILES string of the molecule is CCc1ccc(N(C)CC(N)C(N)=O)cc1. The molecule has 1 unspecified atom stereocenters. The van der Waals surface area contributed by atoms with E-state index in [1.807, 2.05) is 24.1 Å². The van der Waals surface area contributed by atoms with Crippen LogP contribution in [0.25, 0.3) is 0 Å². The van der Waals surface area contributed by atoms with Crippen molar-refractivity contribution in [3.05, 3.63) is 29.8 Å². The van der Waals surface area contributed by atoms with E-state index in [1.54, 1.807) is 0 Å². The van der Waals surface area contributed by atoms with E-state index >= 15 is 0 Å². The average Bonchev–Trinajstić information content (AvgIpc) is 2.28. The van der Waals surface area contributed by atoms with E-state index in [9.17, 15) is 4.79 Å². The summed E-state index contributed by atoms with van der Waals surface area (Å²) in [6.07, 6.45) is 1.02. The zero-order chi connectivity index (χ0) is 12.1. The Morgan fingerprint density at radius 2 is 1.94 bits per heavy atom. The van der Waals surface area contributed by atoms with E-state index in [4.69, 9.17) is 11.5 Å². The summed E-state index contributed by atoms with van der Waals surface area (Å²) in [7, 11) is 1.89. The van der Waals surface area contributed by atoms with Crippen LogP contribution in [0.5, 0.6) is 0 Å². The average molecular weight is 221 g/mol. The lowest BCUT2D eigenvalue weighted by molar-refractivity contribution is -0.119. The smallest absolute Gasteiger partial charge is 0.236 e. The van der Waals surface area contributed by atoms with Crippen molar-refractivity contribution in [2.45, 2.75) is 19.4 Å². The van der Waals surface area contributed by atoms with E-state index in [1.165, 1.54) is 5.56 Å². The maximum atomic E-state index is 10.8. The Morgan fingerprint density at radius 1 is 1.38 bits per heavy atom. The second-order valence-electron chi connectivity index (χ2n) is 3.91. The van der Waals surface area contributed by atoms with Gasteiger partial charge in [0.1, 0.15) is 6.04 Å². The largest absolute Gasteiger partial charge is 0.373 e. The maximum Gasteiger partial charge on any atom is 0.236 e. The molecule has 4 nitrogen and oxygen atoms in total. The van der Waals surface area contributed by atoms with E-state index in [-0.39, 0.29) is 0 Å². The van der Waals surface area contributed by atoms with Crippen molar-refractivity contribution in [1.29, 1.82) is 0 Å². The number of aryl methyl sites for hydroxylation is 1. The van der Waals surface area contributed by atoms with Gasteiger partial charge in [0.15, 0.2) is 0 Å². The van der Waals surface area contributed by atoms with Gasteiger partial charge in [-0.05, 0) is 24.1 Å². The van der Waals surface area contributed by atoms with Gasteiger partial charge in [-0.25, -0.2) is 0 Å². The van der Waals surface area contributed by atoms with Gasteiger partial charge in [0, 0.05) is 19.3 Å². The van der Waals surface area contributed by atoms with Crippen molar-refractivity contribution < 1.29 is 4.79 Å². The highest BCUT2D eigenvalue weighted by atomic mass is 16.1. The molecule has 0 bridgehead atoms. The van der Waals surface area contributed by atoms with Crippen molar-refractivity contribution in [3.8, 4) is 0 Å². The van der Waals surface area contributed by atoms with Crippen LogP contribution in [0.1, 0.15) is 12.5 Å². The zero-order valence-corrected chi connectivity index (χ0v) is 9.81. The summed E-state index contributed by atoms with van der Waals surface area (Å²) in [5, 5.41) is 0. The molecule has 0 saturated carbocycles. The van der Waals surface area contributed by atoms with Crippen molar-refractivity contribution in [3.63, 3.8) is 0 Å². The van der Waals surface area contributed by atoms with Crippen LogP contribution in [0.3, 0.4) is 0 Å². The molecule has 1 rings (SSSR count). The van der Waals surface area contributed by atoms with Crippen LogP contribution in [0, 0.1) is 0 Å². The molecule has 1 aromatic rings. The highest BCUT2D eigenvalue weighted by molar-refractivity contribution is 5.80. The van der Waals surface area contributed by atoms with Crippen LogP contribution in [-0.4, -0.2) is 25.5 Å². The minimum absolute atomic E-state index is 0.431. The third kappa shape index (κ3) is 3.24. The second kappa shape index (κ2) is 5.51. The Morgan fingerprint density at radius 3 is 2.38 bits per heavy atom. The monoisotopic (exact) mass is 221 g/mol. The van der Waals surface area contributed by atoms with Crippen LogP contribution in [0.2, 0.25) is 0 Å². The lowest BCUT2D eigenvalue weighted by Crippen LogP contribution is -2.44. The Kier molecular flexibility index (Phi) is 4.31. The summed E-state index contributed by atoms with van der Waals surface area (Å²) in [5.74, 6) is -0.475. The molecule has 0 heterocycles. The minimum Gasteiger partial charge on any atom is -0.373 e. The molecule has 88 valence electrons. The molecule has 0 radical (unpaired) electrons. The summed E-state index contributed by atoms with van der Waals surface area (Å²) >= 11 is 0. The fraction of sp³-hybridized carbons (Fsp3) is 0.417. The molecule has 0 fully saturated rings. The fourth-order valence-electron chi connectivity index (χ4n) is 1.48. The van der Waals surface area contributed by atoms with Crippen LogP contribution in [-0.2, 0) is 11.2 Å².